The topological polar surface area (TPSA) is 184 Å². The monoisotopic (exact) mass is 847 g/mol. The van der Waals surface area contributed by atoms with E-state index in [-0.39, 0.29) is 12.8 Å². The number of esters is 2. The average molecular weight is 848 g/mol. The van der Waals surface area contributed by atoms with Crippen LogP contribution in [-0.4, -0.2) is 72.1 Å². The number of phosphoric ester groups is 1. The van der Waals surface area contributed by atoms with Crippen LogP contribution in [0.3, 0.4) is 0 Å². The molecule has 0 aromatic heterocycles. The summed E-state index contributed by atoms with van der Waals surface area (Å²) in [6.45, 7) is 2.61. The van der Waals surface area contributed by atoms with Gasteiger partial charge in [0.1, 0.15) is 12.6 Å². The molecule has 1 saturated heterocycles. The molecule has 0 aromatic rings. The van der Waals surface area contributed by atoms with Crippen molar-refractivity contribution in [3.05, 3.63) is 85.1 Å². The third-order valence-electron chi connectivity index (χ3n) is 9.04. The quantitative estimate of drug-likeness (QED) is 0.0176. The molecular formula is C46H74NO11P. The van der Waals surface area contributed by atoms with Gasteiger partial charge in [0.15, 0.2) is 6.10 Å². The molecule has 12 nitrogen and oxygen atoms in total. The molecule has 13 heteroatoms. The molecule has 0 radical (unpaired) electrons. The first-order chi connectivity index (χ1) is 28.6. The minimum absolute atomic E-state index is 0.0664. The number of rotatable bonds is 38. The molecule has 5 atom stereocenters. The molecule has 4 N–H and O–H groups in total. The van der Waals surface area contributed by atoms with Gasteiger partial charge in [-0.1, -0.05) is 131 Å². The van der Waals surface area contributed by atoms with Crippen LogP contribution in [0.25, 0.3) is 0 Å². The Balaban J connectivity index is 2.37. The highest BCUT2D eigenvalue weighted by Crippen LogP contribution is 2.43. The highest BCUT2D eigenvalue weighted by Gasteiger charge is 2.36. The van der Waals surface area contributed by atoms with Crippen LogP contribution in [0.15, 0.2) is 85.1 Å². The van der Waals surface area contributed by atoms with Gasteiger partial charge in [-0.05, 0) is 83.5 Å². The number of nitrogens with two attached hydrogens (primary N) is 1. The molecule has 0 bridgehead atoms. The van der Waals surface area contributed by atoms with Crippen molar-refractivity contribution in [1.29, 1.82) is 0 Å². The van der Waals surface area contributed by atoms with Gasteiger partial charge in [0.2, 0.25) is 0 Å². The Labute approximate surface area is 354 Å². The lowest BCUT2D eigenvalue weighted by molar-refractivity contribution is -0.161. The number of epoxide rings is 1. The van der Waals surface area contributed by atoms with Gasteiger partial charge in [-0.25, -0.2) is 4.57 Å². The average Bonchev–Trinajstić information content (AvgIpc) is 3.97. The summed E-state index contributed by atoms with van der Waals surface area (Å²) in [6, 6.07) is -1.54. The van der Waals surface area contributed by atoms with Gasteiger partial charge < -0.3 is 29.9 Å². The lowest BCUT2D eigenvalue weighted by Gasteiger charge is -2.20. The van der Waals surface area contributed by atoms with E-state index in [1.807, 2.05) is 24.3 Å². The second kappa shape index (κ2) is 36.5. The number of allylic oxidation sites excluding steroid dienone is 13. The van der Waals surface area contributed by atoms with E-state index in [1.54, 1.807) is 0 Å². The van der Waals surface area contributed by atoms with Gasteiger partial charge in [-0.3, -0.25) is 23.4 Å². The molecule has 1 rings (SSSR count). The Hall–Kier alpha value is -3.38. The van der Waals surface area contributed by atoms with Crippen LogP contribution in [0.1, 0.15) is 142 Å². The van der Waals surface area contributed by atoms with Crippen molar-refractivity contribution >= 4 is 25.7 Å². The molecule has 334 valence electrons. The van der Waals surface area contributed by atoms with Gasteiger partial charge in [-0.15, -0.1) is 0 Å². The Bertz CT molecular complexity index is 1390. The predicted molar refractivity (Wildman–Crippen MR) is 235 cm³/mol. The molecule has 0 amide bonds. The molecule has 0 aromatic carbocycles. The van der Waals surface area contributed by atoms with Crippen molar-refractivity contribution in [3.8, 4) is 0 Å². The molecule has 1 fully saturated rings. The Morgan fingerprint density at radius 2 is 1.10 bits per heavy atom. The number of phosphoric acid groups is 1. The molecule has 0 aliphatic carbocycles. The molecule has 1 aliphatic heterocycles. The number of carbonyl (C=O) groups is 3. The first kappa shape index (κ1) is 53.6. The minimum atomic E-state index is -4.75. The van der Waals surface area contributed by atoms with E-state index < -0.39 is 57.7 Å². The summed E-state index contributed by atoms with van der Waals surface area (Å²) in [6.07, 6.45) is 46.9. The zero-order chi connectivity index (χ0) is 43.2. The van der Waals surface area contributed by atoms with Crippen molar-refractivity contribution < 1.29 is 52.2 Å². The van der Waals surface area contributed by atoms with Crippen LogP contribution >= 0.6 is 7.82 Å². The molecule has 3 unspecified atom stereocenters. The second-order valence-electron chi connectivity index (χ2n) is 14.5. The smallest absolute Gasteiger partial charge is 0.472 e. The predicted octanol–water partition coefficient (Wildman–Crippen LogP) is 10.5. The van der Waals surface area contributed by atoms with Gasteiger partial charge in [-0.2, -0.15) is 0 Å². The summed E-state index contributed by atoms with van der Waals surface area (Å²) < 4.78 is 38.3. The normalized spacial score (nSPS) is 18.0. The van der Waals surface area contributed by atoms with Crippen molar-refractivity contribution in [3.63, 3.8) is 0 Å². The second-order valence-corrected chi connectivity index (χ2v) is 16.0. The summed E-state index contributed by atoms with van der Waals surface area (Å²) in [5.41, 5.74) is 5.32. The largest absolute Gasteiger partial charge is 0.480 e. The van der Waals surface area contributed by atoms with Gasteiger partial charge >= 0.3 is 25.7 Å². The van der Waals surface area contributed by atoms with E-state index in [0.29, 0.717) is 37.9 Å². The standard InChI is InChI=1S/C46H74NO11P/c1-3-5-7-8-9-10-11-12-13-14-15-16-17-22-25-28-32-36-45(49)57-40(38-55-59(52,53)56-39-41(47)46(50)51)37-54-44(48)35-31-27-24-21-19-18-20-23-26-30-34-43-42(58-43)33-29-6-4-2/h9-10,12-13,15-16,18,20-22,24-26,30,40-43H,3-8,11,14,17,19,23,27-29,31-39,47H2,1-2H3,(H,50,51)(H,52,53)/b10-9-,13-12-,16-15-,20-18-,24-21-,25-22-,30-26-/t40-,41+,42?,43?/m1/s1. The van der Waals surface area contributed by atoms with E-state index in [2.05, 4.69) is 79.1 Å². The summed E-state index contributed by atoms with van der Waals surface area (Å²) in [7, 11) is -4.75. The molecule has 0 saturated carbocycles. The summed E-state index contributed by atoms with van der Waals surface area (Å²) in [5.74, 6) is -2.54. The minimum Gasteiger partial charge on any atom is -0.480 e. The van der Waals surface area contributed by atoms with Crippen LogP contribution in [0.2, 0.25) is 0 Å². The Morgan fingerprint density at radius 3 is 1.64 bits per heavy atom. The maximum atomic E-state index is 12.6. The lowest BCUT2D eigenvalue weighted by atomic mass is 10.1. The van der Waals surface area contributed by atoms with Crippen molar-refractivity contribution in [1.82, 2.24) is 0 Å². The number of hydrogen-bond donors (Lipinski definition) is 3. The molecule has 1 heterocycles. The molecular weight excluding hydrogens is 773 g/mol. The van der Waals surface area contributed by atoms with E-state index in [0.717, 1.165) is 44.9 Å². The summed E-state index contributed by atoms with van der Waals surface area (Å²) >= 11 is 0. The number of carboxylic acid groups (broad SMARTS) is 1. The van der Waals surface area contributed by atoms with Crippen LogP contribution in [0.4, 0.5) is 0 Å². The first-order valence-corrected chi connectivity index (χ1v) is 23.2. The number of unbranched alkanes of at least 4 members (excludes halogenated alkanes) is 7. The third-order valence-corrected chi connectivity index (χ3v) is 9.99. The van der Waals surface area contributed by atoms with Crippen molar-refractivity contribution in [2.75, 3.05) is 19.8 Å². The number of carboxylic acids is 1. The Kier molecular flexibility index (Phi) is 33.2. The van der Waals surface area contributed by atoms with Gasteiger partial charge in [0.25, 0.3) is 0 Å². The molecule has 0 spiro atoms. The van der Waals surface area contributed by atoms with E-state index in [9.17, 15) is 23.8 Å². The maximum absolute atomic E-state index is 12.6. The zero-order valence-electron chi connectivity index (χ0n) is 35.7. The van der Waals surface area contributed by atoms with Crippen molar-refractivity contribution in [2.24, 2.45) is 5.73 Å². The van der Waals surface area contributed by atoms with Gasteiger partial charge in [0.05, 0.1) is 25.4 Å². The summed E-state index contributed by atoms with van der Waals surface area (Å²) in [4.78, 5) is 45.9. The summed E-state index contributed by atoms with van der Waals surface area (Å²) in [5, 5.41) is 8.89. The van der Waals surface area contributed by atoms with Crippen LogP contribution < -0.4 is 5.73 Å². The van der Waals surface area contributed by atoms with Crippen LogP contribution in [-0.2, 0) is 42.2 Å². The van der Waals surface area contributed by atoms with Crippen LogP contribution in [0.5, 0.6) is 0 Å². The highest BCUT2D eigenvalue weighted by atomic mass is 31.2. The SMILES string of the molecule is CCCCC/C=C\C/C=C\C/C=C\C/C=C\CCCC(=O)O[C@H](COC(=O)CCC/C=C\C/C=C\C/C=C\CC1OC1CCCCC)COP(=O)(O)OC[C@H](N)C(=O)O. The highest BCUT2D eigenvalue weighted by molar-refractivity contribution is 7.47. The fraction of sp³-hybridized carbons (Fsp3) is 0.630. The fourth-order valence-electron chi connectivity index (χ4n) is 5.50. The number of carbonyl (C=O) groups excluding carboxylic acids is 2. The molecule has 1 aliphatic rings. The third kappa shape index (κ3) is 34.1. The fourth-order valence-corrected chi connectivity index (χ4v) is 6.27. The van der Waals surface area contributed by atoms with E-state index in [1.165, 1.54) is 44.9 Å². The van der Waals surface area contributed by atoms with E-state index >= 15 is 0 Å². The van der Waals surface area contributed by atoms with Crippen molar-refractivity contribution in [2.45, 2.75) is 167 Å². The van der Waals surface area contributed by atoms with Gasteiger partial charge in [0, 0.05) is 12.8 Å². The number of ether oxygens (including phenoxy) is 3. The molecule has 59 heavy (non-hydrogen) atoms. The first-order valence-electron chi connectivity index (χ1n) is 21.7. The lowest BCUT2D eigenvalue weighted by Crippen LogP contribution is -2.34. The zero-order valence-corrected chi connectivity index (χ0v) is 36.6. The number of hydrogen-bond acceptors (Lipinski definition) is 10. The van der Waals surface area contributed by atoms with Crippen LogP contribution in [0, 0.1) is 0 Å². The number of aliphatic carboxylic acids is 1. The Morgan fingerprint density at radius 1 is 0.627 bits per heavy atom. The maximum Gasteiger partial charge on any atom is 0.472 e. The van der Waals surface area contributed by atoms with E-state index in [4.69, 9.17) is 29.6 Å².